The highest BCUT2D eigenvalue weighted by Gasteiger charge is 2.24. The van der Waals surface area contributed by atoms with Gasteiger partial charge < -0.3 is 15.1 Å². The number of amides is 1. The maximum Gasteiger partial charge on any atom is 0.230 e. The largest absolute Gasteiger partial charge is 0.349 e. The fourth-order valence-electron chi connectivity index (χ4n) is 2.57. The normalized spacial score (nSPS) is 17.6. The first-order chi connectivity index (χ1) is 10.6. The van der Waals surface area contributed by atoms with Gasteiger partial charge in [-0.2, -0.15) is 15.0 Å². The lowest BCUT2D eigenvalue weighted by molar-refractivity contribution is -0.121. The van der Waals surface area contributed by atoms with Gasteiger partial charge in [0.2, 0.25) is 17.8 Å². The molecule has 1 aromatic rings. The molecule has 7 heteroatoms. The maximum absolute atomic E-state index is 11.8. The van der Waals surface area contributed by atoms with Gasteiger partial charge in [-0.05, 0) is 31.6 Å². The summed E-state index contributed by atoms with van der Waals surface area (Å²) in [6, 6.07) is 0. The first-order valence-electron chi connectivity index (χ1n) is 8.06. The summed E-state index contributed by atoms with van der Waals surface area (Å²) >= 11 is 0. The van der Waals surface area contributed by atoms with Gasteiger partial charge in [-0.3, -0.25) is 4.79 Å². The monoisotopic (exact) mass is 304 g/mol. The summed E-state index contributed by atoms with van der Waals surface area (Å²) in [6.07, 6.45) is 5.35. The Balaban J connectivity index is 1.69. The average Bonchev–Trinajstić information content (AvgIpc) is 3.14. The van der Waals surface area contributed by atoms with Crippen molar-refractivity contribution in [2.45, 2.75) is 38.6 Å². The number of hydrogen-bond acceptors (Lipinski definition) is 6. The van der Waals surface area contributed by atoms with Crippen molar-refractivity contribution in [3.8, 4) is 0 Å². The van der Waals surface area contributed by atoms with Crippen LogP contribution in [0, 0.1) is 5.92 Å². The van der Waals surface area contributed by atoms with E-state index < -0.39 is 0 Å². The Morgan fingerprint density at radius 3 is 2.59 bits per heavy atom. The van der Waals surface area contributed by atoms with E-state index in [-0.39, 0.29) is 5.91 Å². The lowest BCUT2D eigenvalue weighted by Gasteiger charge is -2.18. The van der Waals surface area contributed by atoms with E-state index >= 15 is 0 Å². The summed E-state index contributed by atoms with van der Waals surface area (Å²) in [5.41, 5.74) is 0. The minimum absolute atomic E-state index is 0.0945. The molecule has 0 spiro atoms. The molecule has 1 aliphatic carbocycles. The Labute approximate surface area is 131 Å². The van der Waals surface area contributed by atoms with Crippen LogP contribution in [0.4, 0.5) is 11.9 Å². The molecule has 1 amide bonds. The van der Waals surface area contributed by atoms with Crippen molar-refractivity contribution in [1.82, 2.24) is 20.3 Å². The fraction of sp³-hybridized carbons (Fsp3) is 0.733. The Kier molecular flexibility index (Phi) is 4.40. The summed E-state index contributed by atoms with van der Waals surface area (Å²) in [5, 5.41) is 2.93. The van der Waals surface area contributed by atoms with Crippen molar-refractivity contribution in [2.75, 3.05) is 37.0 Å². The van der Waals surface area contributed by atoms with Crippen LogP contribution in [0.15, 0.2) is 0 Å². The number of carbonyl (C=O) groups is 1. The SMILES string of the molecule is CN(C)c1nc(CNC(=O)CC2CC2)nc(N2CCCC2)n1. The molecule has 2 aliphatic rings. The van der Waals surface area contributed by atoms with Gasteiger partial charge in [0.25, 0.3) is 0 Å². The third kappa shape index (κ3) is 3.84. The van der Waals surface area contributed by atoms with Crippen molar-refractivity contribution in [1.29, 1.82) is 0 Å². The minimum atomic E-state index is 0.0945. The molecule has 3 rings (SSSR count). The molecule has 0 aromatic carbocycles. The zero-order chi connectivity index (χ0) is 15.5. The number of rotatable bonds is 6. The number of carbonyl (C=O) groups excluding carboxylic acids is 1. The zero-order valence-electron chi connectivity index (χ0n) is 13.4. The van der Waals surface area contributed by atoms with Crippen LogP contribution in [0.5, 0.6) is 0 Å². The Hall–Kier alpha value is -1.92. The standard InChI is InChI=1S/C15H24N6O/c1-20(2)14-17-12(10-16-13(22)9-11-5-6-11)18-15(19-14)21-7-3-4-8-21/h11H,3-10H2,1-2H3,(H,16,22). The van der Waals surface area contributed by atoms with Gasteiger partial charge in [-0.1, -0.05) is 0 Å². The topological polar surface area (TPSA) is 74.2 Å². The second-order valence-electron chi connectivity index (χ2n) is 6.36. The summed E-state index contributed by atoms with van der Waals surface area (Å²) in [4.78, 5) is 29.4. The van der Waals surface area contributed by atoms with Crippen LogP contribution in [0.1, 0.15) is 37.9 Å². The van der Waals surface area contributed by atoms with Gasteiger partial charge in [0.05, 0.1) is 6.54 Å². The number of hydrogen-bond donors (Lipinski definition) is 1. The molecule has 2 fully saturated rings. The smallest absolute Gasteiger partial charge is 0.230 e. The predicted molar refractivity (Wildman–Crippen MR) is 84.8 cm³/mol. The van der Waals surface area contributed by atoms with Crippen molar-refractivity contribution >= 4 is 17.8 Å². The first kappa shape index (κ1) is 15.0. The molecule has 0 unspecified atom stereocenters. The molecule has 1 N–H and O–H groups in total. The van der Waals surface area contributed by atoms with Gasteiger partial charge >= 0.3 is 0 Å². The van der Waals surface area contributed by atoms with Crippen LogP contribution in [0.2, 0.25) is 0 Å². The van der Waals surface area contributed by atoms with Crippen LogP contribution in [-0.2, 0) is 11.3 Å². The van der Waals surface area contributed by atoms with Crippen LogP contribution in [-0.4, -0.2) is 48.0 Å². The van der Waals surface area contributed by atoms with E-state index in [0.29, 0.717) is 30.7 Å². The van der Waals surface area contributed by atoms with E-state index in [1.165, 1.54) is 25.7 Å². The average molecular weight is 304 g/mol. The minimum Gasteiger partial charge on any atom is -0.349 e. The molecule has 22 heavy (non-hydrogen) atoms. The number of nitrogens with zero attached hydrogens (tertiary/aromatic N) is 5. The Morgan fingerprint density at radius 1 is 1.23 bits per heavy atom. The molecule has 1 aromatic heterocycles. The summed E-state index contributed by atoms with van der Waals surface area (Å²) in [5.74, 6) is 2.68. The molecular weight excluding hydrogens is 280 g/mol. The van der Waals surface area contributed by atoms with Crippen LogP contribution >= 0.6 is 0 Å². The summed E-state index contributed by atoms with van der Waals surface area (Å²) < 4.78 is 0. The quantitative estimate of drug-likeness (QED) is 0.843. The summed E-state index contributed by atoms with van der Waals surface area (Å²) in [7, 11) is 3.83. The van der Waals surface area contributed by atoms with Gasteiger partial charge in [-0.15, -0.1) is 0 Å². The van der Waals surface area contributed by atoms with Crippen molar-refractivity contribution < 1.29 is 4.79 Å². The Morgan fingerprint density at radius 2 is 1.95 bits per heavy atom. The highest BCUT2D eigenvalue weighted by Crippen LogP contribution is 2.32. The molecule has 2 heterocycles. The molecule has 7 nitrogen and oxygen atoms in total. The molecule has 1 saturated carbocycles. The summed E-state index contributed by atoms with van der Waals surface area (Å²) in [6.45, 7) is 2.35. The molecule has 0 atom stereocenters. The van der Waals surface area contributed by atoms with E-state index in [4.69, 9.17) is 0 Å². The van der Waals surface area contributed by atoms with E-state index in [9.17, 15) is 4.79 Å². The van der Waals surface area contributed by atoms with E-state index in [1.807, 2.05) is 19.0 Å². The highest BCUT2D eigenvalue weighted by atomic mass is 16.1. The molecule has 1 saturated heterocycles. The van der Waals surface area contributed by atoms with Crippen LogP contribution in [0.25, 0.3) is 0 Å². The van der Waals surface area contributed by atoms with Crippen molar-refractivity contribution in [3.63, 3.8) is 0 Å². The second-order valence-corrected chi connectivity index (χ2v) is 6.36. The fourth-order valence-corrected chi connectivity index (χ4v) is 2.57. The van der Waals surface area contributed by atoms with Crippen LogP contribution in [0.3, 0.4) is 0 Å². The lowest BCUT2D eigenvalue weighted by Crippen LogP contribution is -2.27. The van der Waals surface area contributed by atoms with E-state index in [1.54, 1.807) is 0 Å². The highest BCUT2D eigenvalue weighted by molar-refractivity contribution is 5.76. The van der Waals surface area contributed by atoms with Crippen LogP contribution < -0.4 is 15.1 Å². The van der Waals surface area contributed by atoms with Crippen molar-refractivity contribution in [2.24, 2.45) is 5.92 Å². The predicted octanol–water partition coefficient (Wildman–Crippen LogP) is 0.954. The molecule has 0 bridgehead atoms. The van der Waals surface area contributed by atoms with E-state index in [0.717, 1.165) is 19.0 Å². The van der Waals surface area contributed by atoms with E-state index in [2.05, 4.69) is 25.2 Å². The van der Waals surface area contributed by atoms with Gasteiger partial charge in [0, 0.05) is 33.6 Å². The third-order valence-corrected chi connectivity index (χ3v) is 4.06. The third-order valence-electron chi connectivity index (χ3n) is 4.06. The zero-order valence-corrected chi connectivity index (χ0v) is 13.4. The van der Waals surface area contributed by atoms with Gasteiger partial charge in [0.15, 0.2) is 5.82 Å². The maximum atomic E-state index is 11.8. The number of aromatic nitrogens is 3. The lowest BCUT2D eigenvalue weighted by atomic mass is 10.3. The van der Waals surface area contributed by atoms with Gasteiger partial charge in [-0.25, -0.2) is 0 Å². The van der Waals surface area contributed by atoms with Gasteiger partial charge in [0.1, 0.15) is 0 Å². The molecule has 120 valence electrons. The Bertz CT molecular complexity index is 537. The van der Waals surface area contributed by atoms with Crippen molar-refractivity contribution in [3.05, 3.63) is 5.82 Å². The molecular formula is C15H24N6O. The number of anilines is 2. The first-order valence-corrected chi connectivity index (χ1v) is 8.06. The molecule has 1 aliphatic heterocycles. The number of nitrogens with one attached hydrogen (secondary N) is 1. The second kappa shape index (κ2) is 6.46. The molecule has 0 radical (unpaired) electrons.